The van der Waals surface area contributed by atoms with Gasteiger partial charge in [0, 0.05) is 12.1 Å². The maximum atomic E-state index is 12.5. The van der Waals surface area contributed by atoms with E-state index in [0.29, 0.717) is 21.3 Å². The van der Waals surface area contributed by atoms with E-state index >= 15 is 0 Å². The Morgan fingerprint density at radius 2 is 1.82 bits per heavy atom. The summed E-state index contributed by atoms with van der Waals surface area (Å²) < 4.78 is 6.40. The Morgan fingerprint density at radius 1 is 1.06 bits per heavy atom. The lowest BCUT2D eigenvalue weighted by Gasteiger charge is -2.09. The fraction of sp³-hybridized carbons (Fsp3) is 0.0400. The number of phenolic OH excluding ortho intramolecular Hbond substituents is 1. The van der Waals surface area contributed by atoms with Crippen LogP contribution >= 0.6 is 15.9 Å². The number of nitro benzene ring substituents is 1. The molecule has 34 heavy (non-hydrogen) atoms. The van der Waals surface area contributed by atoms with Crippen molar-refractivity contribution in [2.75, 3.05) is 0 Å². The number of non-ortho nitro benzene ring substituents is 1. The van der Waals surface area contributed by atoms with Gasteiger partial charge in [-0.15, -0.1) is 0 Å². The quantitative estimate of drug-likeness (QED) is 0.188. The topological polar surface area (TPSA) is 114 Å². The molecule has 0 radical (unpaired) electrons. The van der Waals surface area contributed by atoms with Gasteiger partial charge in [-0.05, 0) is 68.2 Å². The Morgan fingerprint density at radius 3 is 2.56 bits per heavy atom. The molecular weight excluding hydrogens is 502 g/mol. The number of phenols is 1. The van der Waals surface area contributed by atoms with Crippen molar-refractivity contribution in [2.45, 2.75) is 6.61 Å². The van der Waals surface area contributed by atoms with Gasteiger partial charge in [0.25, 0.3) is 11.6 Å². The Balaban J connectivity index is 1.39. The van der Waals surface area contributed by atoms with Crippen LogP contribution in [0.15, 0.2) is 88.4 Å². The van der Waals surface area contributed by atoms with E-state index in [1.54, 1.807) is 36.4 Å². The maximum Gasteiger partial charge on any atom is 0.275 e. The van der Waals surface area contributed by atoms with Gasteiger partial charge in [0.15, 0.2) is 0 Å². The first kappa shape index (κ1) is 22.9. The van der Waals surface area contributed by atoms with Gasteiger partial charge >= 0.3 is 0 Å². The van der Waals surface area contributed by atoms with Crippen molar-refractivity contribution in [3.05, 3.63) is 110 Å². The van der Waals surface area contributed by atoms with Gasteiger partial charge in [0.1, 0.15) is 18.1 Å². The molecule has 0 aliphatic rings. The third kappa shape index (κ3) is 5.38. The molecule has 0 heterocycles. The molecule has 0 unspecified atom stereocenters. The summed E-state index contributed by atoms with van der Waals surface area (Å²) in [6, 6.07) is 22.0. The number of nitro groups is 1. The van der Waals surface area contributed by atoms with Crippen LogP contribution in [0.2, 0.25) is 0 Å². The van der Waals surface area contributed by atoms with Gasteiger partial charge in [-0.3, -0.25) is 14.9 Å². The Hall–Kier alpha value is -4.24. The summed E-state index contributed by atoms with van der Waals surface area (Å²) in [5.41, 5.74) is 3.91. The highest BCUT2D eigenvalue weighted by Crippen LogP contribution is 2.27. The summed E-state index contributed by atoms with van der Waals surface area (Å²) in [6.45, 7) is 0.166. The molecule has 0 saturated heterocycles. The molecular formula is C25H18BrN3O5. The lowest BCUT2D eigenvalue weighted by atomic mass is 10.1. The number of halogens is 1. The van der Waals surface area contributed by atoms with Crippen LogP contribution in [0.3, 0.4) is 0 Å². The molecule has 0 saturated carbocycles. The standard InChI is InChI=1S/C25H18BrN3O5/c26-22-11-16(8-9-24(22)34-15-17-4-3-7-20(10-17)29(32)33)14-27-28-25(31)21-12-18-5-1-2-6-19(18)13-23(21)30/h1-14,30H,15H2,(H,28,31). The van der Waals surface area contributed by atoms with Crippen LogP contribution in [0.1, 0.15) is 21.5 Å². The van der Waals surface area contributed by atoms with E-state index < -0.39 is 10.8 Å². The number of nitrogens with one attached hydrogen (secondary N) is 1. The van der Waals surface area contributed by atoms with Crippen molar-refractivity contribution >= 4 is 44.5 Å². The largest absolute Gasteiger partial charge is 0.507 e. The maximum absolute atomic E-state index is 12.5. The first-order chi connectivity index (χ1) is 16.4. The number of carbonyl (C=O) groups excluding carboxylic acids is 1. The second-order valence-corrected chi connectivity index (χ2v) is 8.18. The molecule has 4 rings (SSSR count). The zero-order valence-corrected chi connectivity index (χ0v) is 19.2. The molecule has 2 N–H and O–H groups in total. The van der Waals surface area contributed by atoms with Crippen LogP contribution in [0.5, 0.6) is 11.5 Å². The molecule has 0 aromatic heterocycles. The van der Waals surface area contributed by atoms with Crippen molar-refractivity contribution in [3.8, 4) is 11.5 Å². The molecule has 0 fully saturated rings. The summed E-state index contributed by atoms with van der Waals surface area (Å²) in [4.78, 5) is 22.9. The molecule has 0 spiro atoms. The monoisotopic (exact) mass is 519 g/mol. The molecule has 9 heteroatoms. The van der Waals surface area contributed by atoms with E-state index in [9.17, 15) is 20.0 Å². The summed E-state index contributed by atoms with van der Waals surface area (Å²) >= 11 is 3.43. The number of hydrazone groups is 1. The molecule has 8 nitrogen and oxygen atoms in total. The lowest BCUT2D eigenvalue weighted by Crippen LogP contribution is -2.17. The number of amides is 1. The zero-order valence-electron chi connectivity index (χ0n) is 17.6. The highest BCUT2D eigenvalue weighted by Gasteiger charge is 2.12. The summed E-state index contributed by atoms with van der Waals surface area (Å²) in [5.74, 6) is -0.108. The summed E-state index contributed by atoms with van der Waals surface area (Å²) in [5, 5.41) is 26.7. The number of benzene rings is 4. The summed E-state index contributed by atoms with van der Waals surface area (Å²) in [6.07, 6.45) is 1.46. The molecule has 0 bridgehead atoms. The minimum atomic E-state index is -0.532. The van der Waals surface area contributed by atoms with E-state index in [0.717, 1.165) is 10.8 Å². The van der Waals surface area contributed by atoms with Crippen molar-refractivity contribution in [2.24, 2.45) is 5.10 Å². The fourth-order valence-corrected chi connectivity index (χ4v) is 3.78. The highest BCUT2D eigenvalue weighted by molar-refractivity contribution is 9.10. The number of fused-ring (bicyclic) bond motifs is 1. The van der Waals surface area contributed by atoms with E-state index in [4.69, 9.17) is 4.74 Å². The second kappa shape index (κ2) is 10.1. The van der Waals surface area contributed by atoms with Crippen LogP contribution in [-0.2, 0) is 6.61 Å². The molecule has 1 amide bonds. The number of ether oxygens (including phenoxy) is 1. The second-order valence-electron chi connectivity index (χ2n) is 7.32. The average Bonchev–Trinajstić information content (AvgIpc) is 2.83. The Labute approximate surface area is 202 Å². The van der Waals surface area contributed by atoms with Crippen molar-refractivity contribution in [1.82, 2.24) is 5.43 Å². The van der Waals surface area contributed by atoms with Gasteiger partial charge in [-0.25, -0.2) is 5.43 Å². The number of nitrogens with zero attached hydrogens (tertiary/aromatic N) is 2. The number of hydrogen-bond donors (Lipinski definition) is 2. The minimum Gasteiger partial charge on any atom is -0.507 e. The average molecular weight is 520 g/mol. The normalized spacial score (nSPS) is 11.0. The Bertz CT molecular complexity index is 1420. The lowest BCUT2D eigenvalue weighted by molar-refractivity contribution is -0.384. The number of rotatable bonds is 7. The predicted octanol–water partition coefficient (Wildman–Crippen LogP) is 5.56. The van der Waals surface area contributed by atoms with Crippen LogP contribution in [0, 0.1) is 10.1 Å². The molecule has 4 aromatic rings. The molecule has 0 aliphatic carbocycles. The van der Waals surface area contributed by atoms with E-state index in [-0.39, 0.29) is 23.6 Å². The first-order valence-corrected chi connectivity index (χ1v) is 10.9. The molecule has 0 aliphatic heterocycles. The van der Waals surface area contributed by atoms with Crippen LogP contribution < -0.4 is 10.2 Å². The highest BCUT2D eigenvalue weighted by atomic mass is 79.9. The Kier molecular flexibility index (Phi) is 6.84. The van der Waals surface area contributed by atoms with Crippen LogP contribution in [0.25, 0.3) is 10.8 Å². The fourth-order valence-electron chi connectivity index (χ4n) is 3.27. The number of hydrogen-bond acceptors (Lipinski definition) is 6. The smallest absolute Gasteiger partial charge is 0.275 e. The van der Waals surface area contributed by atoms with Crippen molar-refractivity contribution in [1.29, 1.82) is 0 Å². The van der Waals surface area contributed by atoms with Crippen molar-refractivity contribution < 1.29 is 19.6 Å². The van der Waals surface area contributed by atoms with Gasteiger partial charge < -0.3 is 9.84 Å². The predicted molar refractivity (Wildman–Crippen MR) is 132 cm³/mol. The van der Waals surface area contributed by atoms with Crippen LogP contribution in [0.4, 0.5) is 5.69 Å². The van der Waals surface area contributed by atoms with Gasteiger partial charge in [0.2, 0.25) is 0 Å². The first-order valence-electron chi connectivity index (χ1n) is 10.1. The molecule has 170 valence electrons. The van der Waals surface area contributed by atoms with E-state index in [1.807, 2.05) is 24.3 Å². The third-order valence-electron chi connectivity index (χ3n) is 4.96. The van der Waals surface area contributed by atoms with Crippen LogP contribution in [-0.4, -0.2) is 22.2 Å². The third-order valence-corrected chi connectivity index (χ3v) is 5.58. The zero-order chi connectivity index (χ0) is 24.1. The number of aromatic hydroxyl groups is 1. The molecule has 4 aromatic carbocycles. The molecule has 0 atom stereocenters. The SMILES string of the molecule is O=C(NN=Cc1ccc(OCc2cccc([N+](=O)[O-])c2)c(Br)c1)c1cc2ccccc2cc1O. The minimum absolute atomic E-state index is 0.00535. The van der Waals surface area contributed by atoms with E-state index in [1.165, 1.54) is 24.4 Å². The van der Waals surface area contributed by atoms with E-state index in [2.05, 4.69) is 26.5 Å². The summed E-state index contributed by atoms with van der Waals surface area (Å²) in [7, 11) is 0. The van der Waals surface area contributed by atoms with Gasteiger partial charge in [-0.1, -0.05) is 36.4 Å². The van der Waals surface area contributed by atoms with Gasteiger partial charge in [0.05, 0.1) is 21.2 Å². The van der Waals surface area contributed by atoms with Gasteiger partial charge in [-0.2, -0.15) is 5.10 Å². The van der Waals surface area contributed by atoms with Crippen molar-refractivity contribution in [3.63, 3.8) is 0 Å². The number of carbonyl (C=O) groups is 1.